The molecule has 0 aliphatic heterocycles. The molecule has 0 aromatic heterocycles. The quantitative estimate of drug-likeness (QED) is 0.550. The lowest BCUT2D eigenvalue weighted by Gasteiger charge is -2.09. The van der Waals surface area contributed by atoms with E-state index >= 15 is 0 Å². The molecule has 0 atom stereocenters. The summed E-state index contributed by atoms with van der Waals surface area (Å²) < 4.78 is 66.3. The highest BCUT2D eigenvalue weighted by atomic mass is 32.2. The van der Waals surface area contributed by atoms with Crippen molar-refractivity contribution >= 4 is 21.6 Å². The Kier molecular flexibility index (Phi) is 6.96. The Labute approximate surface area is 178 Å². The highest BCUT2D eigenvalue weighted by Crippen LogP contribution is 2.17. The van der Waals surface area contributed by atoms with Crippen LogP contribution >= 0.6 is 0 Å². The SMILES string of the molecule is O=C(Cc1ccc(NS(=O)(=O)c2ccc(F)cc2)cc1)NCCc1cc(F)cc(F)c1. The van der Waals surface area contributed by atoms with E-state index in [9.17, 15) is 26.4 Å². The van der Waals surface area contributed by atoms with Gasteiger partial charge in [-0.05, 0) is 66.1 Å². The Hall–Kier alpha value is -3.33. The normalized spacial score (nSPS) is 11.2. The maximum absolute atomic E-state index is 13.2. The van der Waals surface area contributed by atoms with Gasteiger partial charge in [-0.1, -0.05) is 12.1 Å². The molecule has 2 N–H and O–H groups in total. The summed E-state index contributed by atoms with van der Waals surface area (Å²) in [4.78, 5) is 12.0. The molecular formula is C22H19F3N2O3S. The van der Waals surface area contributed by atoms with E-state index in [2.05, 4.69) is 10.0 Å². The number of hydrogen-bond acceptors (Lipinski definition) is 3. The molecule has 3 rings (SSSR count). The van der Waals surface area contributed by atoms with Crippen molar-refractivity contribution in [3.8, 4) is 0 Å². The first-order valence-electron chi connectivity index (χ1n) is 9.30. The van der Waals surface area contributed by atoms with Crippen LogP contribution < -0.4 is 10.0 Å². The van der Waals surface area contributed by atoms with Crippen LogP contribution in [0.25, 0.3) is 0 Å². The van der Waals surface area contributed by atoms with Crippen molar-refractivity contribution in [1.82, 2.24) is 5.32 Å². The number of benzene rings is 3. The number of anilines is 1. The van der Waals surface area contributed by atoms with E-state index in [4.69, 9.17) is 0 Å². The van der Waals surface area contributed by atoms with Gasteiger partial charge < -0.3 is 5.32 Å². The molecule has 0 spiro atoms. The van der Waals surface area contributed by atoms with Crippen LogP contribution in [-0.2, 0) is 27.7 Å². The molecule has 0 aliphatic carbocycles. The third-order valence-electron chi connectivity index (χ3n) is 4.35. The molecule has 0 bridgehead atoms. The van der Waals surface area contributed by atoms with Gasteiger partial charge in [0.15, 0.2) is 0 Å². The van der Waals surface area contributed by atoms with Crippen LogP contribution in [0.1, 0.15) is 11.1 Å². The van der Waals surface area contributed by atoms with Crippen LogP contribution in [0.5, 0.6) is 0 Å². The van der Waals surface area contributed by atoms with Crippen LogP contribution in [-0.4, -0.2) is 20.9 Å². The number of hydrogen-bond donors (Lipinski definition) is 2. The van der Waals surface area contributed by atoms with Crippen molar-refractivity contribution in [2.24, 2.45) is 0 Å². The van der Waals surface area contributed by atoms with Crippen molar-refractivity contribution in [2.45, 2.75) is 17.7 Å². The maximum Gasteiger partial charge on any atom is 0.261 e. The number of sulfonamides is 1. The van der Waals surface area contributed by atoms with Gasteiger partial charge in [0.1, 0.15) is 17.5 Å². The van der Waals surface area contributed by atoms with Crippen molar-refractivity contribution < 1.29 is 26.4 Å². The maximum atomic E-state index is 13.2. The number of amides is 1. The monoisotopic (exact) mass is 448 g/mol. The minimum absolute atomic E-state index is 0.0580. The van der Waals surface area contributed by atoms with Gasteiger partial charge in [-0.25, -0.2) is 21.6 Å². The zero-order valence-corrected chi connectivity index (χ0v) is 17.1. The van der Waals surface area contributed by atoms with Crippen molar-refractivity contribution in [2.75, 3.05) is 11.3 Å². The molecule has 0 radical (unpaired) electrons. The Morgan fingerprint density at radius 3 is 2.00 bits per heavy atom. The standard InChI is InChI=1S/C22H19F3N2O3S/c23-17-3-7-21(8-4-17)31(29,30)27-20-5-1-15(2-6-20)13-22(28)26-10-9-16-11-18(24)14-19(25)12-16/h1-8,11-12,14,27H,9-10,13H2,(H,26,28). The van der Waals surface area contributed by atoms with Gasteiger partial charge in [0.25, 0.3) is 10.0 Å². The summed E-state index contributed by atoms with van der Waals surface area (Å²) in [6.07, 6.45) is 0.340. The third kappa shape index (κ3) is 6.58. The van der Waals surface area contributed by atoms with E-state index < -0.39 is 27.5 Å². The molecule has 162 valence electrons. The Bertz CT molecular complexity index is 1150. The van der Waals surface area contributed by atoms with Gasteiger partial charge in [0.05, 0.1) is 11.3 Å². The second-order valence-electron chi connectivity index (χ2n) is 6.81. The van der Waals surface area contributed by atoms with Gasteiger partial charge in [-0.3, -0.25) is 9.52 Å². The average Bonchev–Trinajstić information content (AvgIpc) is 2.69. The largest absolute Gasteiger partial charge is 0.355 e. The Morgan fingerprint density at radius 2 is 1.39 bits per heavy atom. The van der Waals surface area contributed by atoms with Crippen molar-refractivity contribution in [3.05, 3.63) is 95.3 Å². The lowest BCUT2D eigenvalue weighted by Crippen LogP contribution is -2.27. The molecule has 0 unspecified atom stereocenters. The summed E-state index contributed by atoms with van der Waals surface area (Å²) in [6, 6.07) is 13.9. The van der Waals surface area contributed by atoms with Crippen LogP contribution in [0.4, 0.5) is 18.9 Å². The Morgan fingerprint density at radius 1 is 0.774 bits per heavy atom. The smallest absolute Gasteiger partial charge is 0.261 e. The molecular weight excluding hydrogens is 429 g/mol. The molecule has 9 heteroatoms. The average molecular weight is 448 g/mol. The minimum Gasteiger partial charge on any atom is -0.355 e. The molecule has 0 heterocycles. The number of carbonyl (C=O) groups is 1. The van der Waals surface area contributed by atoms with Gasteiger partial charge in [-0.15, -0.1) is 0 Å². The van der Waals surface area contributed by atoms with Crippen LogP contribution in [0, 0.1) is 17.5 Å². The molecule has 5 nitrogen and oxygen atoms in total. The zero-order valence-electron chi connectivity index (χ0n) is 16.2. The summed E-state index contributed by atoms with van der Waals surface area (Å²) in [5.74, 6) is -2.16. The van der Waals surface area contributed by atoms with Crippen molar-refractivity contribution in [1.29, 1.82) is 0 Å². The summed E-state index contributed by atoms with van der Waals surface area (Å²) in [7, 11) is -3.86. The molecule has 0 aliphatic rings. The number of carbonyl (C=O) groups excluding carboxylic acids is 1. The Balaban J connectivity index is 1.51. The van der Waals surface area contributed by atoms with E-state index in [0.29, 0.717) is 16.8 Å². The summed E-state index contributed by atoms with van der Waals surface area (Å²) in [5.41, 5.74) is 1.39. The zero-order chi connectivity index (χ0) is 22.4. The first-order chi connectivity index (χ1) is 14.7. The van der Waals surface area contributed by atoms with E-state index in [1.54, 1.807) is 12.1 Å². The lowest BCUT2D eigenvalue weighted by atomic mass is 10.1. The van der Waals surface area contributed by atoms with Gasteiger partial charge in [0, 0.05) is 18.3 Å². The fourth-order valence-electron chi connectivity index (χ4n) is 2.87. The predicted molar refractivity (Wildman–Crippen MR) is 110 cm³/mol. The molecule has 0 saturated heterocycles. The summed E-state index contributed by atoms with van der Waals surface area (Å²) in [5, 5.41) is 2.67. The van der Waals surface area contributed by atoms with Crippen LogP contribution in [0.2, 0.25) is 0 Å². The first kappa shape index (κ1) is 22.4. The number of halogens is 3. The van der Waals surface area contributed by atoms with Crippen LogP contribution in [0.15, 0.2) is 71.6 Å². The second-order valence-corrected chi connectivity index (χ2v) is 8.49. The first-order valence-corrected chi connectivity index (χ1v) is 10.8. The number of rotatable bonds is 8. The van der Waals surface area contributed by atoms with Crippen LogP contribution in [0.3, 0.4) is 0 Å². The topological polar surface area (TPSA) is 75.3 Å². The lowest BCUT2D eigenvalue weighted by molar-refractivity contribution is -0.120. The molecule has 1 amide bonds. The van der Waals surface area contributed by atoms with E-state index in [1.807, 2.05) is 0 Å². The van der Waals surface area contributed by atoms with Gasteiger partial charge >= 0.3 is 0 Å². The molecule has 3 aromatic carbocycles. The third-order valence-corrected chi connectivity index (χ3v) is 5.75. The summed E-state index contributed by atoms with van der Waals surface area (Å²) in [6.45, 7) is 0.220. The number of nitrogens with one attached hydrogen (secondary N) is 2. The molecule has 3 aromatic rings. The molecule has 0 saturated carbocycles. The second kappa shape index (κ2) is 9.65. The van der Waals surface area contributed by atoms with E-state index in [0.717, 1.165) is 30.3 Å². The van der Waals surface area contributed by atoms with E-state index in [-0.39, 0.29) is 30.2 Å². The molecule has 31 heavy (non-hydrogen) atoms. The fourth-order valence-corrected chi connectivity index (χ4v) is 3.93. The highest BCUT2D eigenvalue weighted by molar-refractivity contribution is 7.92. The van der Waals surface area contributed by atoms with Gasteiger partial charge in [0.2, 0.25) is 5.91 Å². The fraction of sp³-hybridized carbons (Fsp3) is 0.136. The van der Waals surface area contributed by atoms with Crippen molar-refractivity contribution in [3.63, 3.8) is 0 Å². The summed E-state index contributed by atoms with van der Waals surface area (Å²) >= 11 is 0. The minimum atomic E-state index is -3.86. The van der Waals surface area contributed by atoms with E-state index in [1.165, 1.54) is 24.3 Å². The molecule has 0 fully saturated rings. The predicted octanol–water partition coefficient (Wildman–Crippen LogP) is 3.81. The van der Waals surface area contributed by atoms with Gasteiger partial charge in [-0.2, -0.15) is 0 Å². The highest BCUT2D eigenvalue weighted by Gasteiger charge is 2.14.